The van der Waals surface area contributed by atoms with E-state index in [9.17, 15) is 0 Å². The fraction of sp³-hybridized carbons (Fsp3) is 0.667. The van der Waals surface area contributed by atoms with Gasteiger partial charge in [-0.2, -0.15) is 0 Å². The van der Waals surface area contributed by atoms with E-state index in [4.69, 9.17) is 0 Å². The van der Waals surface area contributed by atoms with Crippen LogP contribution in [-0.4, -0.2) is 7.05 Å². The predicted molar refractivity (Wildman–Crippen MR) is 65.1 cm³/mol. The molecule has 2 heteroatoms. The van der Waals surface area contributed by atoms with Crippen LogP contribution in [0.1, 0.15) is 49.9 Å². The van der Waals surface area contributed by atoms with E-state index in [1.54, 1.807) is 0 Å². The van der Waals surface area contributed by atoms with Gasteiger partial charge in [0.05, 0.1) is 0 Å². The Morgan fingerprint density at radius 3 is 2.36 bits per heavy atom. The molecule has 0 saturated heterocycles. The maximum Gasteiger partial charge on any atom is 0.0409 e. The average Bonchev–Trinajstić information content (AvgIpc) is 2.54. The van der Waals surface area contributed by atoms with E-state index in [-0.39, 0.29) is 5.41 Å². The van der Waals surface area contributed by atoms with Crippen LogP contribution >= 0.6 is 11.3 Å². The van der Waals surface area contributed by atoms with Crippen molar-refractivity contribution in [2.45, 2.75) is 45.6 Å². The highest BCUT2D eigenvalue weighted by Crippen LogP contribution is 2.32. The quantitative estimate of drug-likeness (QED) is 0.803. The molecule has 1 aromatic heterocycles. The molecule has 0 aliphatic heterocycles. The molecule has 0 spiro atoms. The Labute approximate surface area is 91.5 Å². The molecule has 0 saturated carbocycles. The third-order valence-electron chi connectivity index (χ3n) is 2.47. The molecule has 1 heterocycles. The Balaban J connectivity index is 2.87. The molecule has 0 amide bonds. The van der Waals surface area contributed by atoms with Crippen LogP contribution in [0.3, 0.4) is 0 Å². The summed E-state index contributed by atoms with van der Waals surface area (Å²) in [7, 11) is 2.03. The third kappa shape index (κ3) is 2.58. The highest BCUT2D eigenvalue weighted by molar-refractivity contribution is 7.12. The largest absolute Gasteiger partial charge is 0.312 e. The molecule has 14 heavy (non-hydrogen) atoms. The topological polar surface area (TPSA) is 12.0 Å². The second kappa shape index (κ2) is 4.45. The van der Waals surface area contributed by atoms with Gasteiger partial charge < -0.3 is 5.32 Å². The Kier molecular flexibility index (Phi) is 3.73. The van der Waals surface area contributed by atoms with Gasteiger partial charge in [-0.1, -0.05) is 27.7 Å². The normalized spacial score (nSPS) is 14.4. The molecule has 0 bridgehead atoms. The Hall–Kier alpha value is -0.340. The number of hydrogen-bond acceptors (Lipinski definition) is 2. The number of nitrogens with one attached hydrogen (secondary N) is 1. The summed E-state index contributed by atoms with van der Waals surface area (Å²) in [6, 6.07) is 5.05. The lowest BCUT2D eigenvalue weighted by molar-refractivity contribution is 0.586. The van der Waals surface area contributed by atoms with Gasteiger partial charge in [-0.25, -0.2) is 0 Å². The lowest BCUT2D eigenvalue weighted by atomic mass is 9.95. The van der Waals surface area contributed by atoms with Crippen LogP contribution in [0.4, 0.5) is 0 Å². The standard InChI is InChI=1S/C12H21NS/c1-6-9(13-5)10-7-8-11(14-10)12(2,3)4/h7-9,13H,6H2,1-5H3. The lowest BCUT2D eigenvalue weighted by Gasteiger charge is -2.16. The van der Waals surface area contributed by atoms with Crippen LogP contribution in [0, 0.1) is 0 Å². The van der Waals surface area contributed by atoms with Crippen LogP contribution in [0.2, 0.25) is 0 Å². The highest BCUT2D eigenvalue weighted by atomic mass is 32.1. The van der Waals surface area contributed by atoms with E-state index in [1.165, 1.54) is 9.75 Å². The fourth-order valence-corrected chi connectivity index (χ4v) is 2.75. The van der Waals surface area contributed by atoms with Gasteiger partial charge in [0, 0.05) is 15.8 Å². The summed E-state index contributed by atoms with van der Waals surface area (Å²) in [5.74, 6) is 0. The van der Waals surface area contributed by atoms with Gasteiger partial charge in [-0.15, -0.1) is 11.3 Å². The van der Waals surface area contributed by atoms with E-state index in [2.05, 4.69) is 45.1 Å². The molecule has 0 aromatic carbocycles. The van der Waals surface area contributed by atoms with Crippen molar-refractivity contribution < 1.29 is 0 Å². The summed E-state index contributed by atoms with van der Waals surface area (Å²) in [5.41, 5.74) is 0.287. The monoisotopic (exact) mass is 211 g/mol. The lowest BCUT2D eigenvalue weighted by Crippen LogP contribution is -2.13. The second-order valence-corrected chi connectivity index (χ2v) is 5.82. The molecule has 1 rings (SSSR count). The van der Waals surface area contributed by atoms with Crippen molar-refractivity contribution in [3.63, 3.8) is 0 Å². The first-order valence-corrected chi connectivity index (χ1v) is 6.08. The van der Waals surface area contributed by atoms with Crippen molar-refractivity contribution >= 4 is 11.3 Å². The molecule has 1 N–H and O–H groups in total. The molecule has 0 radical (unpaired) electrons. The van der Waals surface area contributed by atoms with Gasteiger partial charge in [0.2, 0.25) is 0 Å². The molecular formula is C12H21NS. The van der Waals surface area contributed by atoms with E-state index < -0.39 is 0 Å². The minimum atomic E-state index is 0.287. The van der Waals surface area contributed by atoms with Crippen LogP contribution in [-0.2, 0) is 5.41 Å². The van der Waals surface area contributed by atoms with E-state index in [0.29, 0.717) is 6.04 Å². The minimum absolute atomic E-state index is 0.287. The first kappa shape index (κ1) is 11.7. The Morgan fingerprint density at radius 1 is 1.36 bits per heavy atom. The van der Waals surface area contributed by atoms with Gasteiger partial charge in [0.1, 0.15) is 0 Å². The second-order valence-electron chi connectivity index (χ2n) is 4.70. The molecule has 1 atom stereocenters. The molecule has 0 fully saturated rings. The zero-order valence-corrected chi connectivity index (χ0v) is 10.7. The van der Waals surface area contributed by atoms with Gasteiger partial charge in [-0.3, -0.25) is 0 Å². The van der Waals surface area contributed by atoms with Crippen LogP contribution in [0.25, 0.3) is 0 Å². The van der Waals surface area contributed by atoms with Crippen LogP contribution in [0.5, 0.6) is 0 Å². The van der Waals surface area contributed by atoms with Gasteiger partial charge >= 0.3 is 0 Å². The molecule has 0 aliphatic rings. The Morgan fingerprint density at radius 2 is 2.00 bits per heavy atom. The maximum atomic E-state index is 3.34. The molecule has 1 nitrogen and oxygen atoms in total. The van der Waals surface area contributed by atoms with Gasteiger partial charge in [0.15, 0.2) is 0 Å². The molecular weight excluding hydrogens is 190 g/mol. The van der Waals surface area contributed by atoms with Crippen molar-refractivity contribution in [1.82, 2.24) is 5.32 Å². The highest BCUT2D eigenvalue weighted by Gasteiger charge is 2.18. The summed E-state index contributed by atoms with van der Waals surface area (Å²) in [5, 5.41) is 3.34. The summed E-state index contributed by atoms with van der Waals surface area (Å²) in [6.45, 7) is 9.02. The van der Waals surface area contributed by atoms with Crippen LogP contribution in [0.15, 0.2) is 12.1 Å². The summed E-state index contributed by atoms with van der Waals surface area (Å²) >= 11 is 1.93. The van der Waals surface area contributed by atoms with E-state index >= 15 is 0 Å². The molecule has 80 valence electrons. The van der Waals surface area contributed by atoms with Gasteiger partial charge in [0.25, 0.3) is 0 Å². The molecule has 1 aromatic rings. The number of thiophene rings is 1. The summed E-state index contributed by atoms with van der Waals surface area (Å²) < 4.78 is 0. The van der Waals surface area contributed by atoms with Gasteiger partial charge in [-0.05, 0) is 31.0 Å². The first-order valence-electron chi connectivity index (χ1n) is 5.26. The SMILES string of the molecule is CCC(NC)c1ccc(C(C)(C)C)s1. The van der Waals surface area contributed by atoms with E-state index in [0.717, 1.165) is 6.42 Å². The summed E-state index contributed by atoms with van der Waals surface area (Å²) in [4.78, 5) is 2.93. The number of rotatable bonds is 3. The fourth-order valence-electron chi connectivity index (χ4n) is 1.49. The zero-order chi connectivity index (χ0) is 10.8. The minimum Gasteiger partial charge on any atom is -0.312 e. The van der Waals surface area contributed by atoms with Crippen LogP contribution < -0.4 is 5.32 Å². The first-order chi connectivity index (χ1) is 6.49. The number of hydrogen-bond donors (Lipinski definition) is 1. The zero-order valence-electron chi connectivity index (χ0n) is 9.85. The van der Waals surface area contributed by atoms with Crippen molar-refractivity contribution in [1.29, 1.82) is 0 Å². The average molecular weight is 211 g/mol. The smallest absolute Gasteiger partial charge is 0.0409 e. The maximum absolute atomic E-state index is 3.34. The van der Waals surface area contributed by atoms with E-state index in [1.807, 2.05) is 18.4 Å². The molecule has 1 unspecified atom stereocenters. The third-order valence-corrected chi connectivity index (χ3v) is 4.09. The van der Waals surface area contributed by atoms with Crippen molar-refractivity contribution in [2.24, 2.45) is 0 Å². The van der Waals surface area contributed by atoms with Crippen molar-refractivity contribution in [2.75, 3.05) is 7.05 Å². The molecule has 0 aliphatic carbocycles. The predicted octanol–water partition coefficient (Wildman–Crippen LogP) is 3.72. The Bertz CT molecular complexity index is 279. The van der Waals surface area contributed by atoms with Crippen molar-refractivity contribution in [3.05, 3.63) is 21.9 Å². The summed E-state index contributed by atoms with van der Waals surface area (Å²) in [6.07, 6.45) is 1.15. The van der Waals surface area contributed by atoms with Crippen molar-refractivity contribution in [3.8, 4) is 0 Å².